The molecule has 0 unspecified atom stereocenters. The highest BCUT2D eigenvalue weighted by Gasteiger charge is 2.00. The Hall–Kier alpha value is -1.64. The van der Waals surface area contributed by atoms with Gasteiger partial charge in [0, 0.05) is 0 Å². The van der Waals surface area contributed by atoms with Crippen LogP contribution in [0.3, 0.4) is 0 Å². The van der Waals surface area contributed by atoms with Crippen LogP contribution in [-0.2, 0) is 16.1 Å². The minimum Gasteiger partial charge on any atom is -0.279 e. The molecular formula is C9H7NO2. The quantitative estimate of drug-likeness (QED) is 0.603. The van der Waals surface area contributed by atoms with E-state index in [1.54, 1.807) is 0 Å². The maximum atomic E-state index is 10.4. The SMILES string of the molecule is O=[C]C(=O)[N]Cc1ccccc1. The predicted molar refractivity (Wildman–Crippen MR) is 43.0 cm³/mol. The summed E-state index contributed by atoms with van der Waals surface area (Å²) in [6.45, 7) is 0.245. The lowest BCUT2D eigenvalue weighted by molar-refractivity contribution is -0.115. The van der Waals surface area contributed by atoms with Gasteiger partial charge in [0.1, 0.15) is 0 Å². The van der Waals surface area contributed by atoms with Crippen LogP contribution in [0.1, 0.15) is 5.56 Å². The molecule has 60 valence electrons. The van der Waals surface area contributed by atoms with Crippen molar-refractivity contribution in [3.05, 3.63) is 35.9 Å². The van der Waals surface area contributed by atoms with E-state index in [0.29, 0.717) is 0 Å². The average Bonchev–Trinajstić information content (AvgIpc) is 2.16. The van der Waals surface area contributed by atoms with Gasteiger partial charge < -0.3 is 0 Å². The van der Waals surface area contributed by atoms with Crippen molar-refractivity contribution in [2.45, 2.75) is 6.54 Å². The molecule has 0 bridgehead atoms. The fourth-order valence-electron chi connectivity index (χ4n) is 0.779. The second kappa shape index (κ2) is 4.28. The molecule has 0 N–H and O–H groups in total. The molecular weight excluding hydrogens is 154 g/mol. The lowest BCUT2D eigenvalue weighted by Crippen LogP contribution is -2.15. The maximum absolute atomic E-state index is 10.4. The molecule has 0 spiro atoms. The Morgan fingerprint density at radius 1 is 1.33 bits per heavy atom. The van der Waals surface area contributed by atoms with Crippen LogP contribution < -0.4 is 5.32 Å². The molecule has 0 saturated heterocycles. The highest BCUT2D eigenvalue weighted by molar-refractivity contribution is 6.23. The summed E-state index contributed by atoms with van der Waals surface area (Å²) in [7, 11) is 0. The zero-order valence-corrected chi connectivity index (χ0v) is 6.36. The summed E-state index contributed by atoms with van der Waals surface area (Å²) in [6.07, 6.45) is 1.18. The van der Waals surface area contributed by atoms with E-state index in [1.165, 1.54) is 6.29 Å². The summed E-state index contributed by atoms with van der Waals surface area (Å²) in [6, 6.07) is 9.24. The molecule has 0 fully saturated rings. The minimum atomic E-state index is -0.834. The molecule has 1 aromatic carbocycles. The monoisotopic (exact) mass is 161 g/mol. The Morgan fingerprint density at radius 3 is 2.58 bits per heavy atom. The van der Waals surface area contributed by atoms with Crippen molar-refractivity contribution < 1.29 is 9.59 Å². The van der Waals surface area contributed by atoms with Gasteiger partial charge in [-0.3, -0.25) is 9.59 Å². The topological polar surface area (TPSA) is 48.2 Å². The number of carbonyl (C=O) groups excluding carboxylic acids is 2. The number of amides is 1. The molecule has 3 heteroatoms. The van der Waals surface area contributed by atoms with Crippen LogP contribution in [0.15, 0.2) is 30.3 Å². The van der Waals surface area contributed by atoms with Crippen molar-refractivity contribution in [2.75, 3.05) is 0 Å². The summed E-state index contributed by atoms with van der Waals surface area (Å²) >= 11 is 0. The first-order valence-electron chi connectivity index (χ1n) is 3.46. The van der Waals surface area contributed by atoms with Crippen LogP contribution in [-0.4, -0.2) is 12.2 Å². The standard InChI is InChI=1S/C9H7NO2/c11-7-9(12)10-6-8-4-2-1-3-5-8/h1-5H,6H2. The van der Waals surface area contributed by atoms with Gasteiger partial charge in [0.2, 0.25) is 0 Å². The summed E-state index contributed by atoms with van der Waals surface area (Å²) in [5.41, 5.74) is 0.904. The lowest BCUT2D eigenvalue weighted by Gasteiger charge is -1.96. The van der Waals surface area contributed by atoms with E-state index in [2.05, 4.69) is 5.32 Å². The van der Waals surface area contributed by atoms with E-state index in [4.69, 9.17) is 0 Å². The van der Waals surface area contributed by atoms with Gasteiger partial charge in [0.05, 0.1) is 6.54 Å². The van der Waals surface area contributed by atoms with Crippen LogP contribution in [0.4, 0.5) is 0 Å². The molecule has 0 heterocycles. The van der Waals surface area contributed by atoms with Gasteiger partial charge in [-0.15, -0.1) is 0 Å². The van der Waals surface area contributed by atoms with Crippen molar-refractivity contribution in [2.24, 2.45) is 0 Å². The zero-order valence-electron chi connectivity index (χ0n) is 6.36. The molecule has 0 aliphatic rings. The Balaban J connectivity index is 2.43. The zero-order chi connectivity index (χ0) is 8.81. The molecule has 3 nitrogen and oxygen atoms in total. The number of carbonyl (C=O) groups is 1. The molecule has 0 atom stereocenters. The second-order valence-electron chi connectivity index (χ2n) is 2.21. The fraction of sp³-hybridized carbons (Fsp3) is 0.111. The molecule has 0 saturated carbocycles. The fourth-order valence-corrected chi connectivity index (χ4v) is 0.779. The number of hydrogen-bond acceptors (Lipinski definition) is 2. The van der Waals surface area contributed by atoms with Gasteiger partial charge in [0.15, 0.2) is 0 Å². The van der Waals surface area contributed by atoms with Crippen LogP contribution in [0.5, 0.6) is 0 Å². The number of benzene rings is 1. The molecule has 2 radical (unpaired) electrons. The van der Waals surface area contributed by atoms with E-state index in [0.717, 1.165) is 5.56 Å². The maximum Gasteiger partial charge on any atom is 0.317 e. The Kier molecular flexibility index (Phi) is 3.02. The summed E-state index contributed by atoms with van der Waals surface area (Å²) in [4.78, 5) is 20.2. The van der Waals surface area contributed by atoms with Crippen LogP contribution >= 0.6 is 0 Å². The normalized spacial score (nSPS) is 9.00. The third-order valence-corrected chi connectivity index (χ3v) is 1.34. The van der Waals surface area contributed by atoms with Crippen LogP contribution in [0.2, 0.25) is 0 Å². The van der Waals surface area contributed by atoms with Gasteiger partial charge in [-0.1, -0.05) is 30.3 Å². The van der Waals surface area contributed by atoms with E-state index in [1.807, 2.05) is 30.3 Å². The highest BCUT2D eigenvalue weighted by atomic mass is 16.2. The molecule has 1 rings (SSSR count). The summed E-state index contributed by atoms with van der Waals surface area (Å²) < 4.78 is 0. The first kappa shape index (κ1) is 8.46. The molecule has 0 aromatic heterocycles. The number of hydrogen-bond donors (Lipinski definition) is 0. The van der Waals surface area contributed by atoms with Gasteiger partial charge in [-0.05, 0) is 5.56 Å². The molecule has 0 aliphatic carbocycles. The minimum absolute atomic E-state index is 0.245. The van der Waals surface area contributed by atoms with Gasteiger partial charge in [0.25, 0.3) is 6.29 Å². The van der Waals surface area contributed by atoms with E-state index in [9.17, 15) is 9.59 Å². The van der Waals surface area contributed by atoms with E-state index >= 15 is 0 Å². The molecule has 12 heavy (non-hydrogen) atoms. The second-order valence-corrected chi connectivity index (χ2v) is 2.21. The van der Waals surface area contributed by atoms with Crippen molar-refractivity contribution in [1.29, 1.82) is 0 Å². The van der Waals surface area contributed by atoms with Gasteiger partial charge >= 0.3 is 5.91 Å². The molecule has 1 aromatic rings. The van der Waals surface area contributed by atoms with Crippen molar-refractivity contribution in [3.8, 4) is 0 Å². The predicted octanol–water partition coefficient (Wildman–Crippen LogP) is 0.427. The number of nitrogens with zero attached hydrogens (tertiary/aromatic N) is 1. The third-order valence-electron chi connectivity index (χ3n) is 1.34. The molecule has 1 amide bonds. The van der Waals surface area contributed by atoms with E-state index < -0.39 is 5.91 Å². The van der Waals surface area contributed by atoms with Gasteiger partial charge in [-0.2, -0.15) is 0 Å². The summed E-state index contributed by atoms with van der Waals surface area (Å²) in [5, 5.41) is 3.45. The smallest absolute Gasteiger partial charge is 0.279 e. The third kappa shape index (κ3) is 2.54. The average molecular weight is 161 g/mol. The van der Waals surface area contributed by atoms with Crippen LogP contribution in [0.25, 0.3) is 0 Å². The van der Waals surface area contributed by atoms with Crippen molar-refractivity contribution in [3.63, 3.8) is 0 Å². The first-order valence-corrected chi connectivity index (χ1v) is 3.46. The van der Waals surface area contributed by atoms with Crippen molar-refractivity contribution >= 4 is 12.2 Å². The highest BCUT2D eigenvalue weighted by Crippen LogP contribution is 1.97. The summed E-state index contributed by atoms with van der Waals surface area (Å²) in [5.74, 6) is -0.834. The number of rotatable bonds is 3. The Morgan fingerprint density at radius 2 is 2.00 bits per heavy atom. The Labute approximate surface area is 70.4 Å². The largest absolute Gasteiger partial charge is 0.317 e. The van der Waals surface area contributed by atoms with E-state index in [-0.39, 0.29) is 6.54 Å². The first-order chi connectivity index (χ1) is 5.83. The van der Waals surface area contributed by atoms with Crippen LogP contribution in [0, 0.1) is 0 Å². The lowest BCUT2D eigenvalue weighted by atomic mass is 10.2. The molecule has 0 aliphatic heterocycles. The van der Waals surface area contributed by atoms with Crippen molar-refractivity contribution in [1.82, 2.24) is 5.32 Å². The van der Waals surface area contributed by atoms with Gasteiger partial charge in [-0.25, -0.2) is 5.32 Å². The Bertz CT molecular complexity index is 269.